The van der Waals surface area contributed by atoms with Gasteiger partial charge in [0.1, 0.15) is 22.9 Å². The average Bonchev–Trinajstić information content (AvgIpc) is 2.49. The molecule has 0 aliphatic heterocycles. The summed E-state index contributed by atoms with van der Waals surface area (Å²) < 4.78 is 67.5. The van der Waals surface area contributed by atoms with Crippen LogP contribution in [-0.4, -0.2) is 18.3 Å². The molecule has 0 spiro atoms. The number of benzene rings is 2. The normalized spacial score (nSPS) is 11.0. The van der Waals surface area contributed by atoms with Crippen molar-refractivity contribution >= 4 is 33.6 Å². The van der Waals surface area contributed by atoms with Gasteiger partial charge in [-0.05, 0) is 40.2 Å². The SMILES string of the molecule is O=C(NC(=O)c1c(F)cccc1F)Nc1ccc(Br)c(OC(F)(F)F)c1. The number of hydrogen-bond acceptors (Lipinski definition) is 3. The maximum absolute atomic E-state index is 13.5. The molecule has 3 amide bonds. The Balaban J connectivity index is 2.10. The molecule has 0 atom stereocenters. The van der Waals surface area contributed by atoms with E-state index in [1.54, 1.807) is 5.32 Å². The van der Waals surface area contributed by atoms with Crippen molar-refractivity contribution in [2.45, 2.75) is 6.36 Å². The number of anilines is 1. The summed E-state index contributed by atoms with van der Waals surface area (Å²) >= 11 is 2.85. The van der Waals surface area contributed by atoms with E-state index in [-0.39, 0.29) is 10.2 Å². The average molecular weight is 439 g/mol. The van der Waals surface area contributed by atoms with Crippen LogP contribution >= 0.6 is 15.9 Å². The molecule has 0 aliphatic carbocycles. The Hall–Kier alpha value is -2.69. The summed E-state index contributed by atoms with van der Waals surface area (Å²) in [7, 11) is 0. The number of alkyl halides is 3. The van der Waals surface area contributed by atoms with E-state index in [9.17, 15) is 31.5 Å². The number of rotatable bonds is 3. The van der Waals surface area contributed by atoms with E-state index in [0.29, 0.717) is 0 Å². The lowest BCUT2D eigenvalue weighted by Crippen LogP contribution is -2.35. The van der Waals surface area contributed by atoms with E-state index in [1.165, 1.54) is 6.07 Å². The van der Waals surface area contributed by atoms with Crippen molar-refractivity contribution in [1.29, 1.82) is 0 Å². The topological polar surface area (TPSA) is 67.4 Å². The Bertz CT molecular complexity index is 837. The molecular weight excluding hydrogens is 431 g/mol. The Morgan fingerprint density at radius 3 is 2.23 bits per heavy atom. The van der Waals surface area contributed by atoms with Gasteiger partial charge in [0.2, 0.25) is 0 Å². The highest BCUT2D eigenvalue weighted by atomic mass is 79.9. The number of ether oxygens (including phenoxy) is 1. The monoisotopic (exact) mass is 438 g/mol. The summed E-state index contributed by atoms with van der Waals surface area (Å²) in [6, 6.07) is 4.68. The molecular formula is C15H8BrF5N2O3. The summed E-state index contributed by atoms with van der Waals surface area (Å²) in [6.07, 6.45) is -4.96. The van der Waals surface area contributed by atoms with Gasteiger partial charge in [-0.25, -0.2) is 13.6 Å². The van der Waals surface area contributed by atoms with Crippen molar-refractivity contribution in [3.63, 3.8) is 0 Å². The minimum Gasteiger partial charge on any atom is -0.405 e. The third-order valence-corrected chi connectivity index (χ3v) is 3.49. The molecule has 0 saturated heterocycles. The second-order valence-electron chi connectivity index (χ2n) is 4.70. The summed E-state index contributed by atoms with van der Waals surface area (Å²) in [5, 5.41) is 3.72. The van der Waals surface area contributed by atoms with Gasteiger partial charge in [-0.1, -0.05) is 6.07 Å². The van der Waals surface area contributed by atoms with Gasteiger partial charge in [0.25, 0.3) is 5.91 Å². The van der Waals surface area contributed by atoms with E-state index in [2.05, 4.69) is 26.0 Å². The first-order valence-corrected chi connectivity index (χ1v) is 7.48. The van der Waals surface area contributed by atoms with Gasteiger partial charge in [-0.15, -0.1) is 13.2 Å². The van der Waals surface area contributed by atoms with Crippen LogP contribution < -0.4 is 15.4 Å². The molecule has 2 aromatic carbocycles. The van der Waals surface area contributed by atoms with Gasteiger partial charge in [-0.3, -0.25) is 10.1 Å². The fraction of sp³-hybridized carbons (Fsp3) is 0.0667. The number of imide groups is 1. The van der Waals surface area contributed by atoms with Crippen LogP contribution in [0.25, 0.3) is 0 Å². The van der Waals surface area contributed by atoms with Gasteiger partial charge in [0, 0.05) is 11.8 Å². The van der Waals surface area contributed by atoms with Crippen molar-refractivity contribution in [2.24, 2.45) is 0 Å². The Labute approximate surface area is 151 Å². The third-order valence-electron chi connectivity index (χ3n) is 2.83. The number of halogens is 6. The second-order valence-corrected chi connectivity index (χ2v) is 5.55. The molecule has 0 saturated carbocycles. The maximum atomic E-state index is 13.5. The van der Waals surface area contributed by atoms with Gasteiger partial charge < -0.3 is 10.1 Å². The lowest BCUT2D eigenvalue weighted by atomic mass is 10.2. The molecule has 0 unspecified atom stereocenters. The molecule has 0 bridgehead atoms. The van der Waals surface area contributed by atoms with Crippen molar-refractivity contribution in [1.82, 2.24) is 5.32 Å². The first-order chi connectivity index (χ1) is 12.1. The van der Waals surface area contributed by atoms with E-state index < -0.39 is 41.2 Å². The van der Waals surface area contributed by atoms with Crippen LogP contribution in [0.5, 0.6) is 5.75 Å². The summed E-state index contributed by atoms with van der Waals surface area (Å²) in [4.78, 5) is 23.5. The number of nitrogens with one attached hydrogen (secondary N) is 2. The highest BCUT2D eigenvalue weighted by molar-refractivity contribution is 9.10. The molecule has 0 aromatic heterocycles. The number of urea groups is 1. The third kappa shape index (κ3) is 5.15. The van der Waals surface area contributed by atoms with Crippen LogP contribution in [0.15, 0.2) is 40.9 Å². The minimum atomic E-state index is -4.96. The molecule has 0 heterocycles. The van der Waals surface area contributed by atoms with Gasteiger partial charge in [0.15, 0.2) is 0 Å². The number of carbonyl (C=O) groups excluding carboxylic acids is 2. The molecule has 5 nitrogen and oxygen atoms in total. The molecule has 2 aromatic rings. The molecule has 0 radical (unpaired) electrons. The fourth-order valence-electron chi connectivity index (χ4n) is 1.83. The van der Waals surface area contributed by atoms with Gasteiger partial charge >= 0.3 is 12.4 Å². The lowest BCUT2D eigenvalue weighted by Gasteiger charge is -2.13. The van der Waals surface area contributed by atoms with Crippen molar-refractivity contribution in [3.05, 3.63) is 58.1 Å². The van der Waals surface area contributed by atoms with Gasteiger partial charge in [-0.2, -0.15) is 0 Å². The Kier molecular flexibility index (Phi) is 5.80. The quantitative estimate of drug-likeness (QED) is 0.688. The van der Waals surface area contributed by atoms with Crippen LogP contribution in [0.2, 0.25) is 0 Å². The van der Waals surface area contributed by atoms with E-state index in [1.807, 2.05) is 0 Å². The molecule has 138 valence electrons. The molecule has 2 rings (SSSR count). The van der Waals surface area contributed by atoms with Crippen LogP contribution in [-0.2, 0) is 0 Å². The predicted octanol–water partition coefficient (Wildman–Crippen LogP) is 4.59. The zero-order valence-corrected chi connectivity index (χ0v) is 14.0. The van der Waals surface area contributed by atoms with Crippen LogP contribution in [0, 0.1) is 11.6 Å². The predicted molar refractivity (Wildman–Crippen MR) is 83.7 cm³/mol. The smallest absolute Gasteiger partial charge is 0.405 e. The highest BCUT2D eigenvalue weighted by Gasteiger charge is 2.32. The van der Waals surface area contributed by atoms with Crippen molar-refractivity contribution in [3.8, 4) is 5.75 Å². The second kappa shape index (κ2) is 7.68. The summed E-state index contributed by atoms with van der Waals surface area (Å²) in [6.45, 7) is 0. The Morgan fingerprint density at radius 2 is 1.65 bits per heavy atom. The van der Waals surface area contributed by atoms with E-state index in [4.69, 9.17) is 0 Å². The molecule has 11 heteroatoms. The standard InChI is InChI=1S/C15H8BrF5N2O3/c16-8-5-4-7(6-11(8)26-15(19,20)21)22-14(25)23-13(24)12-9(17)2-1-3-10(12)18/h1-6H,(H2,22,23,24,25). The highest BCUT2D eigenvalue weighted by Crippen LogP contribution is 2.32. The van der Waals surface area contributed by atoms with Crippen LogP contribution in [0.1, 0.15) is 10.4 Å². The van der Waals surface area contributed by atoms with Crippen LogP contribution in [0.3, 0.4) is 0 Å². The Morgan fingerprint density at radius 1 is 1.04 bits per heavy atom. The van der Waals surface area contributed by atoms with E-state index in [0.717, 1.165) is 30.3 Å². The molecule has 26 heavy (non-hydrogen) atoms. The van der Waals surface area contributed by atoms with Crippen LogP contribution in [0.4, 0.5) is 32.4 Å². The lowest BCUT2D eigenvalue weighted by molar-refractivity contribution is -0.274. The fourth-order valence-corrected chi connectivity index (χ4v) is 2.15. The number of hydrogen-bond donors (Lipinski definition) is 2. The molecule has 0 fully saturated rings. The maximum Gasteiger partial charge on any atom is 0.573 e. The number of amides is 3. The van der Waals surface area contributed by atoms with Crippen molar-refractivity contribution < 1.29 is 36.3 Å². The minimum absolute atomic E-state index is 0.0368. The largest absolute Gasteiger partial charge is 0.573 e. The zero-order chi connectivity index (χ0) is 19.5. The summed E-state index contributed by atoms with van der Waals surface area (Å²) in [5.41, 5.74) is -1.13. The molecule has 0 aliphatic rings. The first-order valence-electron chi connectivity index (χ1n) is 6.68. The molecule has 2 N–H and O–H groups in total. The summed E-state index contributed by atoms with van der Waals surface area (Å²) in [5.74, 6) is -4.36. The number of carbonyl (C=O) groups is 2. The van der Waals surface area contributed by atoms with Gasteiger partial charge in [0.05, 0.1) is 4.47 Å². The first kappa shape index (κ1) is 19.6. The van der Waals surface area contributed by atoms with E-state index >= 15 is 0 Å². The van der Waals surface area contributed by atoms with Crippen molar-refractivity contribution in [2.75, 3.05) is 5.32 Å². The zero-order valence-electron chi connectivity index (χ0n) is 12.5.